The second-order valence-corrected chi connectivity index (χ2v) is 6.57. The summed E-state index contributed by atoms with van der Waals surface area (Å²) >= 11 is 1.60. The number of carbonyl (C=O) groups excluding carboxylic acids is 1. The minimum Gasteiger partial charge on any atom is -0.391 e. The van der Waals surface area contributed by atoms with E-state index in [-0.39, 0.29) is 5.91 Å². The van der Waals surface area contributed by atoms with Crippen LogP contribution >= 0.6 is 11.8 Å². The van der Waals surface area contributed by atoms with E-state index < -0.39 is 6.10 Å². The molecule has 0 aliphatic carbocycles. The third kappa shape index (κ3) is 3.51. The molecule has 1 amide bonds. The van der Waals surface area contributed by atoms with Crippen LogP contribution in [0.15, 0.2) is 64.4 Å². The second-order valence-electron chi connectivity index (χ2n) is 5.46. The molecule has 0 saturated carbocycles. The van der Waals surface area contributed by atoms with Gasteiger partial charge in [-0.1, -0.05) is 42.1 Å². The first kappa shape index (κ1) is 15.1. The smallest absolute Gasteiger partial charge is 0.255 e. The maximum Gasteiger partial charge on any atom is 0.255 e. The first-order chi connectivity index (χ1) is 10.7. The molecule has 1 aliphatic rings. The molecule has 0 aromatic heterocycles. The lowest BCUT2D eigenvalue weighted by molar-refractivity contribution is 0.0471. The van der Waals surface area contributed by atoms with Crippen LogP contribution in [-0.2, 0) is 0 Å². The van der Waals surface area contributed by atoms with Crippen LogP contribution in [-0.4, -0.2) is 35.1 Å². The van der Waals surface area contributed by atoms with E-state index in [2.05, 4.69) is 0 Å². The predicted octanol–water partition coefficient (Wildman–Crippen LogP) is 3.43. The third-order valence-electron chi connectivity index (χ3n) is 3.77. The number of aliphatic hydroxyl groups excluding tert-OH is 1. The van der Waals surface area contributed by atoms with Crippen molar-refractivity contribution < 1.29 is 9.90 Å². The van der Waals surface area contributed by atoms with Crippen LogP contribution in [0.5, 0.6) is 0 Å². The zero-order valence-electron chi connectivity index (χ0n) is 12.3. The molecule has 0 spiro atoms. The van der Waals surface area contributed by atoms with Crippen molar-refractivity contribution in [1.29, 1.82) is 0 Å². The number of amides is 1. The van der Waals surface area contributed by atoms with Crippen LogP contribution < -0.4 is 0 Å². The van der Waals surface area contributed by atoms with Gasteiger partial charge in [0.25, 0.3) is 5.91 Å². The summed E-state index contributed by atoms with van der Waals surface area (Å²) in [5, 5.41) is 9.78. The van der Waals surface area contributed by atoms with Crippen LogP contribution in [0.3, 0.4) is 0 Å². The van der Waals surface area contributed by atoms with Gasteiger partial charge in [-0.3, -0.25) is 4.79 Å². The first-order valence-electron chi connectivity index (χ1n) is 7.53. The van der Waals surface area contributed by atoms with Gasteiger partial charge in [0.2, 0.25) is 0 Å². The average molecular weight is 313 g/mol. The van der Waals surface area contributed by atoms with Crippen molar-refractivity contribution in [3.8, 4) is 0 Å². The molecule has 114 valence electrons. The Balaban J connectivity index is 1.83. The molecule has 1 fully saturated rings. The molecule has 2 aromatic rings. The van der Waals surface area contributed by atoms with Crippen molar-refractivity contribution in [3.05, 3.63) is 60.2 Å². The first-order valence-corrected chi connectivity index (χ1v) is 8.35. The molecule has 4 heteroatoms. The van der Waals surface area contributed by atoms with Gasteiger partial charge >= 0.3 is 0 Å². The van der Waals surface area contributed by atoms with Crippen LogP contribution in [0, 0.1) is 0 Å². The van der Waals surface area contributed by atoms with Crippen molar-refractivity contribution in [1.82, 2.24) is 4.90 Å². The highest BCUT2D eigenvalue weighted by atomic mass is 32.2. The van der Waals surface area contributed by atoms with Gasteiger partial charge < -0.3 is 10.0 Å². The van der Waals surface area contributed by atoms with Crippen LogP contribution in [0.4, 0.5) is 0 Å². The lowest BCUT2D eigenvalue weighted by Gasteiger charge is -2.30. The molecule has 1 atom stereocenters. The maximum absolute atomic E-state index is 12.8. The van der Waals surface area contributed by atoms with E-state index in [4.69, 9.17) is 0 Å². The highest BCUT2D eigenvalue weighted by Gasteiger charge is 2.24. The molecule has 2 aromatic carbocycles. The second kappa shape index (κ2) is 6.99. The van der Waals surface area contributed by atoms with Crippen LogP contribution in [0.1, 0.15) is 23.2 Å². The molecule has 1 heterocycles. The molecule has 3 rings (SSSR count). The van der Waals surface area contributed by atoms with Crippen molar-refractivity contribution in [2.24, 2.45) is 0 Å². The zero-order valence-corrected chi connectivity index (χ0v) is 13.1. The Morgan fingerprint density at radius 3 is 2.59 bits per heavy atom. The Labute approximate surface area is 135 Å². The average Bonchev–Trinajstić information content (AvgIpc) is 2.56. The number of rotatable bonds is 3. The van der Waals surface area contributed by atoms with E-state index >= 15 is 0 Å². The number of hydrogen-bond donors (Lipinski definition) is 1. The number of likely N-dealkylation sites (tertiary alicyclic amines) is 1. The predicted molar refractivity (Wildman–Crippen MR) is 88.2 cm³/mol. The van der Waals surface area contributed by atoms with Gasteiger partial charge in [-0.05, 0) is 37.1 Å². The summed E-state index contributed by atoms with van der Waals surface area (Å²) in [5.41, 5.74) is 0.713. The monoisotopic (exact) mass is 313 g/mol. The normalized spacial score (nSPS) is 18.2. The zero-order chi connectivity index (χ0) is 15.4. The summed E-state index contributed by atoms with van der Waals surface area (Å²) in [6, 6.07) is 17.7. The molecule has 1 unspecified atom stereocenters. The number of benzene rings is 2. The molecular weight excluding hydrogens is 294 g/mol. The van der Waals surface area contributed by atoms with Crippen molar-refractivity contribution in [2.75, 3.05) is 13.1 Å². The molecule has 1 saturated heterocycles. The van der Waals surface area contributed by atoms with E-state index in [0.29, 0.717) is 12.1 Å². The molecule has 0 bridgehead atoms. The van der Waals surface area contributed by atoms with Gasteiger partial charge in [-0.2, -0.15) is 0 Å². The van der Waals surface area contributed by atoms with Gasteiger partial charge in [-0.15, -0.1) is 0 Å². The van der Waals surface area contributed by atoms with Crippen molar-refractivity contribution in [3.63, 3.8) is 0 Å². The number of aliphatic hydroxyl groups is 1. The topological polar surface area (TPSA) is 40.5 Å². The van der Waals surface area contributed by atoms with E-state index in [1.165, 1.54) is 0 Å². The fraction of sp³-hybridized carbons (Fsp3) is 0.278. The fourth-order valence-corrected chi connectivity index (χ4v) is 3.62. The Bertz CT molecular complexity index is 645. The number of piperidine rings is 1. The molecule has 3 nitrogen and oxygen atoms in total. The number of hydrogen-bond acceptors (Lipinski definition) is 3. The van der Waals surface area contributed by atoms with Crippen molar-refractivity contribution >= 4 is 17.7 Å². The van der Waals surface area contributed by atoms with Crippen LogP contribution in [0.25, 0.3) is 0 Å². The number of carbonyl (C=O) groups is 1. The maximum atomic E-state index is 12.8. The summed E-state index contributed by atoms with van der Waals surface area (Å²) in [7, 11) is 0. The summed E-state index contributed by atoms with van der Waals surface area (Å²) < 4.78 is 0. The molecule has 22 heavy (non-hydrogen) atoms. The van der Waals surface area contributed by atoms with Gasteiger partial charge in [0.1, 0.15) is 0 Å². The third-order valence-corrected chi connectivity index (χ3v) is 4.86. The Morgan fingerprint density at radius 1 is 1.09 bits per heavy atom. The quantitative estimate of drug-likeness (QED) is 0.944. The highest BCUT2D eigenvalue weighted by molar-refractivity contribution is 7.99. The van der Waals surface area contributed by atoms with E-state index in [9.17, 15) is 9.90 Å². The summed E-state index contributed by atoms with van der Waals surface area (Å²) in [6.45, 7) is 1.16. The number of β-amino-alcohol motifs (C(OH)–C–C–N with tert-alkyl or cyclic N) is 1. The van der Waals surface area contributed by atoms with E-state index in [0.717, 1.165) is 29.2 Å². The Hall–Kier alpha value is -1.78. The molecular formula is C18H19NO2S. The van der Waals surface area contributed by atoms with Gasteiger partial charge in [0.15, 0.2) is 0 Å². The van der Waals surface area contributed by atoms with Gasteiger partial charge in [0.05, 0.1) is 11.7 Å². The standard InChI is InChI=1S/C18H19NO2S/c20-14-7-6-12-19(13-14)18(21)16-10-4-5-11-17(16)22-15-8-2-1-3-9-15/h1-5,8-11,14,20H,6-7,12-13H2. The SMILES string of the molecule is O=C(c1ccccc1Sc1ccccc1)N1CCCC(O)C1. The van der Waals surface area contributed by atoms with Crippen molar-refractivity contribution in [2.45, 2.75) is 28.7 Å². The van der Waals surface area contributed by atoms with Crippen LogP contribution in [0.2, 0.25) is 0 Å². The minimum absolute atomic E-state index is 0.0118. The highest BCUT2D eigenvalue weighted by Crippen LogP contribution is 2.31. The molecule has 1 aliphatic heterocycles. The van der Waals surface area contributed by atoms with E-state index in [1.807, 2.05) is 54.6 Å². The minimum atomic E-state index is -0.397. The summed E-state index contributed by atoms with van der Waals surface area (Å²) in [4.78, 5) is 16.6. The Morgan fingerprint density at radius 2 is 1.82 bits per heavy atom. The molecule has 1 N–H and O–H groups in total. The van der Waals surface area contributed by atoms with E-state index in [1.54, 1.807) is 16.7 Å². The Kier molecular flexibility index (Phi) is 4.80. The fourth-order valence-electron chi connectivity index (χ4n) is 2.66. The largest absolute Gasteiger partial charge is 0.391 e. The van der Waals surface area contributed by atoms with Gasteiger partial charge in [-0.25, -0.2) is 0 Å². The lowest BCUT2D eigenvalue weighted by Crippen LogP contribution is -2.42. The summed E-state index contributed by atoms with van der Waals surface area (Å²) in [6.07, 6.45) is 1.25. The summed E-state index contributed by atoms with van der Waals surface area (Å²) in [5.74, 6) is 0.0118. The molecule has 0 radical (unpaired) electrons. The van der Waals surface area contributed by atoms with Gasteiger partial charge in [0, 0.05) is 22.9 Å². The lowest BCUT2D eigenvalue weighted by atomic mass is 10.1. The number of nitrogens with zero attached hydrogens (tertiary/aromatic N) is 1.